The van der Waals surface area contributed by atoms with Gasteiger partial charge in [-0.15, -0.1) is 0 Å². The predicted molar refractivity (Wildman–Crippen MR) is 79.0 cm³/mol. The van der Waals surface area contributed by atoms with Gasteiger partial charge in [0.15, 0.2) is 0 Å². The van der Waals surface area contributed by atoms with E-state index in [0.717, 1.165) is 31.2 Å². The first-order chi connectivity index (χ1) is 9.66. The number of hydrogen-bond donors (Lipinski definition) is 3. The van der Waals surface area contributed by atoms with Crippen LogP contribution in [0.1, 0.15) is 50.1 Å². The third kappa shape index (κ3) is 4.32. The van der Waals surface area contributed by atoms with E-state index in [1.807, 2.05) is 30.3 Å². The summed E-state index contributed by atoms with van der Waals surface area (Å²) >= 11 is 0. The number of amides is 1. The van der Waals surface area contributed by atoms with Gasteiger partial charge < -0.3 is 16.2 Å². The summed E-state index contributed by atoms with van der Waals surface area (Å²) in [5.41, 5.74) is 7.13. The van der Waals surface area contributed by atoms with Gasteiger partial charge in [-0.2, -0.15) is 0 Å². The Hall–Kier alpha value is -1.39. The summed E-state index contributed by atoms with van der Waals surface area (Å²) in [6.07, 6.45) is 4.41. The normalized spacial score (nSPS) is 24.1. The number of carbonyl (C=O) groups excluding carboxylic acids is 1. The Morgan fingerprint density at radius 3 is 2.70 bits per heavy atom. The molecular weight excluding hydrogens is 252 g/mol. The highest BCUT2D eigenvalue weighted by Gasteiger charge is 2.24. The molecule has 1 amide bonds. The summed E-state index contributed by atoms with van der Waals surface area (Å²) in [5.74, 6) is -0.0117. The summed E-state index contributed by atoms with van der Waals surface area (Å²) in [7, 11) is 0. The number of aliphatic hydroxyl groups is 1. The van der Waals surface area contributed by atoms with Crippen molar-refractivity contribution in [2.24, 2.45) is 5.73 Å². The average molecular weight is 276 g/mol. The molecule has 1 aromatic rings. The van der Waals surface area contributed by atoms with Gasteiger partial charge in [-0.1, -0.05) is 43.2 Å². The second-order valence-corrected chi connectivity index (χ2v) is 5.58. The van der Waals surface area contributed by atoms with Crippen LogP contribution in [0, 0.1) is 0 Å². The van der Waals surface area contributed by atoms with Crippen molar-refractivity contribution in [1.29, 1.82) is 0 Å². The summed E-state index contributed by atoms with van der Waals surface area (Å²) in [6, 6.07) is 9.62. The van der Waals surface area contributed by atoms with Gasteiger partial charge in [0.1, 0.15) is 0 Å². The van der Waals surface area contributed by atoms with E-state index in [1.165, 1.54) is 0 Å². The van der Waals surface area contributed by atoms with Crippen LogP contribution in [0.15, 0.2) is 30.3 Å². The van der Waals surface area contributed by atoms with Crippen molar-refractivity contribution < 1.29 is 9.90 Å². The maximum Gasteiger partial charge on any atom is 0.220 e. The van der Waals surface area contributed by atoms with Crippen molar-refractivity contribution in [2.75, 3.05) is 0 Å². The maximum absolute atomic E-state index is 11.9. The monoisotopic (exact) mass is 276 g/mol. The fourth-order valence-electron chi connectivity index (χ4n) is 2.71. The molecule has 2 rings (SSSR count). The van der Waals surface area contributed by atoms with Crippen LogP contribution in [0.3, 0.4) is 0 Å². The lowest BCUT2D eigenvalue weighted by Gasteiger charge is -2.28. The third-order valence-electron chi connectivity index (χ3n) is 3.99. The minimum Gasteiger partial charge on any atom is -0.391 e. The second kappa shape index (κ2) is 7.41. The van der Waals surface area contributed by atoms with Gasteiger partial charge in [0.2, 0.25) is 5.91 Å². The van der Waals surface area contributed by atoms with Crippen molar-refractivity contribution in [3.8, 4) is 0 Å². The molecule has 1 fully saturated rings. The van der Waals surface area contributed by atoms with Gasteiger partial charge >= 0.3 is 0 Å². The molecule has 4 N–H and O–H groups in total. The van der Waals surface area contributed by atoms with Crippen LogP contribution in [0.2, 0.25) is 0 Å². The lowest BCUT2D eigenvalue weighted by Crippen LogP contribution is -2.45. The van der Waals surface area contributed by atoms with Crippen molar-refractivity contribution in [1.82, 2.24) is 5.32 Å². The Labute approximate surface area is 120 Å². The summed E-state index contributed by atoms with van der Waals surface area (Å²) < 4.78 is 0. The van der Waals surface area contributed by atoms with Crippen LogP contribution in [-0.4, -0.2) is 23.2 Å². The second-order valence-electron chi connectivity index (χ2n) is 5.58. The van der Waals surface area contributed by atoms with Crippen molar-refractivity contribution >= 4 is 5.91 Å². The molecule has 1 aliphatic rings. The Balaban J connectivity index is 1.74. The van der Waals surface area contributed by atoms with Gasteiger partial charge in [-0.25, -0.2) is 0 Å². The fraction of sp³-hybridized carbons (Fsp3) is 0.562. The van der Waals surface area contributed by atoms with Crippen LogP contribution < -0.4 is 11.1 Å². The Bertz CT molecular complexity index is 422. The molecule has 0 spiro atoms. The van der Waals surface area contributed by atoms with E-state index in [2.05, 4.69) is 5.32 Å². The predicted octanol–water partition coefficient (Wildman–Crippen LogP) is 1.89. The van der Waals surface area contributed by atoms with Gasteiger partial charge in [-0.3, -0.25) is 4.79 Å². The topological polar surface area (TPSA) is 75.4 Å². The molecule has 0 saturated heterocycles. The average Bonchev–Trinajstić information content (AvgIpc) is 2.48. The molecule has 20 heavy (non-hydrogen) atoms. The highest BCUT2D eigenvalue weighted by Crippen LogP contribution is 2.19. The zero-order chi connectivity index (χ0) is 14.4. The number of nitrogens with two attached hydrogens (primary N) is 1. The molecule has 0 aromatic heterocycles. The van der Waals surface area contributed by atoms with Gasteiger partial charge in [0, 0.05) is 12.5 Å². The maximum atomic E-state index is 11.9. The Morgan fingerprint density at radius 1 is 1.30 bits per heavy atom. The Kier molecular flexibility index (Phi) is 5.56. The van der Waals surface area contributed by atoms with E-state index in [-0.39, 0.29) is 18.0 Å². The molecule has 0 bridgehead atoms. The first-order valence-corrected chi connectivity index (χ1v) is 7.45. The standard InChI is InChI=1S/C16H24N2O2/c17-13(12-6-2-1-3-7-12)10-11-16(20)18-14-8-4-5-9-15(14)19/h1-3,6-7,13-15,19H,4-5,8-11,17H2,(H,18,20). The smallest absolute Gasteiger partial charge is 0.220 e. The van der Waals surface area contributed by atoms with Crippen LogP contribution in [-0.2, 0) is 4.79 Å². The number of carbonyl (C=O) groups is 1. The molecule has 0 aliphatic heterocycles. The van der Waals surface area contributed by atoms with Crippen LogP contribution in [0.25, 0.3) is 0 Å². The first kappa shape index (κ1) is 15.0. The fourth-order valence-corrected chi connectivity index (χ4v) is 2.71. The van der Waals surface area contributed by atoms with E-state index < -0.39 is 6.10 Å². The molecule has 1 saturated carbocycles. The minimum absolute atomic E-state index is 0.0117. The quantitative estimate of drug-likeness (QED) is 0.768. The van der Waals surface area contributed by atoms with Crippen molar-refractivity contribution in [3.05, 3.63) is 35.9 Å². The summed E-state index contributed by atoms with van der Waals surface area (Å²) in [6.45, 7) is 0. The first-order valence-electron chi connectivity index (χ1n) is 7.45. The zero-order valence-corrected chi connectivity index (χ0v) is 11.8. The van der Waals surface area contributed by atoms with Gasteiger partial charge in [0.25, 0.3) is 0 Å². The highest BCUT2D eigenvalue weighted by atomic mass is 16.3. The number of benzene rings is 1. The molecule has 4 nitrogen and oxygen atoms in total. The number of nitrogens with one attached hydrogen (secondary N) is 1. The Morgan fingerprint density at radius 2 is 2.00 bits per heavy atom. The van der Waals surface area contributed by atoms with E-state index >= 15 is 0 Å². The summed E-state index contributed by atoms with van der Waals surface area (Å²) in [5, 5.41) is 12.8. The molecule has 3 atom stereocenters. The van der Waals surface area contributed by atoms with Crippen LogP contribution >= 0.6 is 0 Å². The van der Waals surface area contributed by atoms with E-state index in [1.54, 1.807) is 0 Å². The molecule has 4 heteroatoms. The molecular formula is C16H24N2O2. The van der Waals surface area contributed by atoms with Crippen molar-refractivity contribution in [3.63, 3.8) is 0 Å². The molecule has 1 aliphatic carbocycles. The number of rotatable bonds is 5. The molecule has 3 unspecified atom stereocenters. The lowest BCUT2D eigenvalue weighted by atomic mass is 9.92. The van der Waals surface area contributed by atoms with E-state index in [0.29, 0.717) is 12.8 Å². The summed E-state index contributed by atoms with van der Waals surface area (Å²) in [4.78, 5) is 11.9. The minimum atomic E-state index is -0.393. The third-order valence-corrected chi connectivity index (χ3v) is 3.99. The largest absolute Gasteiger partial charge is 0.391 e. The molecule has 0 radical (unpaired) electrons. The van der Waals surface area contributed by atoms with Crippen molar-refractivity contribution in [2.45, 2.75) is 56.7 Å². The van der Waals surface area contributed by atoms with Crippen LogP contribution in [0.4, 0.5) is 0 Å². The molecule has 1 aromatic carbocycles. The number of aliphatic hydroxyl groups excluding tert-OH is 1. The molecule has 0 heterocycles. The van der Waals surface area contributed by atoms with Crippen LogP contribution in [0.5, 0.6) is 0 Å². The van der Waals surface area contributed by atoms with E-state index in [9.17, 15) is 9.90 Å². The van der Waals surface area contributed by atoms with Gasteiger partial charge in [0.05, 0.1) is 12.1 Å². The number of hydrogen-bond acceptors (Lipinski definition) is 3. The SMILES string of the molecule is NC(CCC(=O)NC1CCCCC1O)c1ccccc1. The van der Waals surface area contributed by atoms with E-state index in [4.69, 9.17) is 5.73 Å². The zero-order valence-electron chi connectivity index (χ0n) is 11.8. The lowest BCUT2D eigenvalue weighted by molar-refractivity contribution is -0.123. The van der Waals surface area contributed by atoms with Gasteiger partial charge in [-0.05, 0) is 24.8 Å². The highest BCUT2D eigenvalue weighted by molar-refractivity contribution is 5.76. The molecule has 110 valence electrons.